The number of aromatic nitrogens is 2. The number of anilines is 1. The molecular formula is C14H23N3O4. The van der Waals surface area contributed by atoms with Crippen LogP contribution in [0.25, 0.3) is 0 Å². The van der Waals surface area contributed by atoms with E-state index in [0.717, 1.165) is 0 Å². The van der Waals surface area contributed by atoms with Crippen LogP contribution in [0.3, 0.4) is 0 Å². The third-order valence-corrected chi connectivity index (χ3v) is 2.42. The SMILES string of the molecule is COCCn1cc(NC(=O)CCC(=O)OC(C)(C)C)cn1. The molecule has 1 amide bonds. The first-order valence-corrected chi connectivity index (χ1v) is 6.83. The van der Waals surface area contributed by atoms with Gasteiger partial charge in [-0.3, -0.25) is 14.3 Å². The molecule has 21 heavy (non-hydrogen) atoms. The fraction of sp³-hybridized carbons (Fsp3) is 0.643. The van der Waals surface area contributed by atoms with Crippen LogP contribution in [-0.4, -0.2) is 41.0 Å². The number of esters is 1. The molecule has 0 spiro atoms. The lowest BCUT2D eigenvalue weighted by Gasteiger charge is -2.19. The predicted octanol–water partition coefficient (Wildman–Crippen LogP) is 1.59. The zero-order chi connectivity index (χ0) is 15.9. The van der Waals surface area contributed by atoms with Gasteiger partial charge in [-0.1, -0.05) is 0 Å². The van der Waals surface area contributed by atoms with Crippen LogP contribution in [0.2, 0.25) is 0 Å². The van der Waals surface area contributed by atoms with E-state index in [1.807, 2.05) is 0 Å². The Hall–Kier alpha value is -1.89. The molecule has 0 aliphatic heterocycles. The third kappa shape index (κ3) is 7.45. The third-order valence-electron chi connectivity index (χ3n) is 2.42. The summed E-state index contributed by atoms with van der Waals surface area (Å²) >= 11 is 0. The van der Waals surface area contributed by atoms with Crippen molar-refractivity contribution in [2.45, 2.75) is 45.8 Å². The van der Waals surface area contributed by atoms with Crippen LogP contribution < -0.4 is 5.32 Å². The fourth-order valence-corrected chi connectivity index (χ4v) is 1.57. The van der Waals surface area contributed by atoms with Gasteiger partial charge in [0.1, 0.15) is 5.60 Å². The van der Waals surface area contributed by atoms with E-state index in [4.69, 9.17) is 9.47 Å². The smallest absolute Gasteiger partial charge is 0.306 e. The molecule has 1 rings (SSSR count). The first kappa shape index (κ1) is 17.2. The summed E-state index contributed by atoms with van der Waals surface area (Å²) in [6.45, 7) is 6.54. The fourth-order valence-electron chi connectivity index (χ4n) is 1.57. The minimum absolute atomic E-state index is 0.0565. The normalized spacial score (nSPS) is 11.2. The molecule has 7 heteroatoms. The minimum atomic E-state index is -0.532. The number of ether oxygens (including phenoxy) is 2. The summed E-state index contributed by atoms with van der Waals surface area (Å²) in [5, 5.41) is 6.77. The maximum Gasteiger partial charge on any atom is 0.306 e. The van der Waals surface area contributed by atoms with Crippen molar-refractivity contribution in [2.75, 3.05) is 19.0 Å². The van der Waals surface area contributed by atoms with E-state index in [2.05, 4.69) is 10.4 Å². The Bertz CT molecular complexity index is 477. The van der Waals surface area contributed by atoms with Crippen LogP contribution in [0.15, 0.2) is 12.4 Å². The van der Waals surface area contributed by atoms with Gasteiger partial charge in [0, 0.05) is 19.7 Å². The largest absolute Gasteiger partial charge is 0.460 e. The van der Waals surface area contributed by atoms with Crippen LogP contribution in [0.5, 0.6) is 0 Å². The number of nitrogens with zero attached hydrogens (tertiary/aromatic N) is 2. The number of carbonyl (C=O) groups excluding carboxylic acids is 2. The summed E-state index contributed by atoms with van der Waals surface area (Å²) in [7, 11) is 1.61. The zero-order valence-corrected chi connectivity index (χ0v) is 13.0. The van der Waals surface area contributed by atoms with E-state index < -0.39 is 5.60 Å². The summed E-state index contributed by atoms with van der Waals surface area (Å²) in [5.41, 5.74) is 0.0658. The van der Waals surface area contributed by atoms with Crippen molar-refractivity contribution < 1.29 is 19.1 Å². The van der Waals surface area contributed by atoms with Crippen molar-refractivity contribution in [1.29, 1.82) is 0 Å². The first-order chi connectivity index (χ1) is 9.80. The summed E-state index contributed by atoms with van der Waals surface area (Å²) < 4.78 is 11.8. The standard InChI is InChI=1S/C14H23N3O4/c1-14(2,3)21-13(19)6-5-12(18)16-11-9-15-17(10-11)7-8-20-4/h9-10H,5-8H2,1-4H3,(H,16,18). The molecular weight excluding hydrogens is 274 g/mol. The maximum atomic E-state index is 11.7. The highest BCUT2D eigenvalue weighted by atomic mass is 16.6. The highest BCUT2D eigenvalue weighted by molar-refractivity contribution is 5.92. The first-order valence-electron chi connectivity index (χ1n) is 6.83. The van der Waals surface area contributed by atoms with Crippen molar-refractivity contribution in [2.24, 2.45) is 0 Å². The summed E-state index contributed by atoms with van der Waals surface area (Å²) in [6.07, 6.45) is 3.41. The molecule has 0 bridgehead atoms. The van der Waals surface area contributed by atoms with Gasteiger partial charge in [-0.2, -0.15) is 5.10 Å². The molecule has 1 heterocycles. The lowest BCUT2D eigenvalue weighted by molar-refractivity contribution is -0.155. The van der Waals surface area contributed by atoms with E-state index >= 15 is 0 Å². The van der Waals surface area contributed by atoms with E-state index in [0.29, 0.717) is 18.8 Å². The number of amides is 1. The predicted molar refractivity (Wildman–Crippen MR) is 77.8 cm³/mol. The summed E-state index contributed by atoms with van der Waals surface area (Å²) in [4.78, 5) is 23.2. The van der Waals surface area contributed by atoms with Crippen molar-refractivity contribution in [3.05, 3.63) is 12.4 Å². The lowest BCUT2D eigenvalue weighted by atomic mass is 10.2. The van der Waals surface area contributed by atoms with Gasteiger partial charge in [-0.25, -0.2) is 0 Å². The Morgan fingerprint density at radius 2 is 2.05 bits per heavy atom. The molecule has 0 aliphatic carbocycles. The van der Waals surface area contributed by atoms with Gasteiger partial charge in [0.15, 0.2) is 0 Å². The topological polar surface area (TPSA) is 82.5 Å². The number of carbonyl (C=O) groups is 2. The molecule has 7 nitrogen and oxygen atoms in total. The Kier molecular flexibility index (Phi) is 6.36. The molecule has 118 valence electrons. The molecule has 1 aromatic rings. The second-order valence-electron chi connectivity index (χ2n) is 5.62. The Morgan fingerprint density at radius 3 is 2.67 bits per heavy atom. The van der Waals surface area contributed by atoms with Gasteiger partial charge in [0.2, 0.25) is 5.91 Å². The second kappa shape index (κ2) is 7.78. The summed E-state index contributed by atoms with van der Waals surface area (Å²) in [5.74, 6) is -0.624. The van der Waals surface area contributed by atoms with Crippen molar-refractivity contribution in [1.82, 2.24) is 9.78 Å². The van der Waals surface area contributed by atoms with E-state index in [-0.39, 0.29) is 24.7 Å². The van der Waals surface area contributed by atoms with E-state index in [1.165, 1.54) is 0 Å². The molecule has 0 radical (unpaired) electrons. The van der Waals surface area contributed by atoms with Crippen LogP contribution >= 0.6 is 0 Å². The monoisotopic (exact) mass is 297 g/mol. The van der Waals surface area contributed by atoms with Gasteiger partial charge in [-0.15, -0.1) is 0 Å². The van der Waals surface area contributed by atoms with Crippen LogP contribution in [0.1, 0.15) is 33.6 Å². The maximum absolute atomic E-state index is 11.7. The quantitative estimate of drug-likeness (QED) is 0.773. The Morgan fingerprint density at radius 1 is 1.33 bits per heavy atom. The van der Waals surface area contributed by atoms with E-state index in [9.17, 15) is 9.59 Å². The van der Waals surface area contributed by atoms with Gasteiger partial charge in [0.05, 0.1) is 31.5 Å². The Labute approximate surface area is 124 Å². The van der Waals surface area contributed by atoms with Crippen molar-refractivity contribution in [3.8, 4) is 0 Å². The van der Waals surface area contributed by atoms with Crippen LogP contribution in [0, 0.1) is 0 Å². The molecule has 1 N–H and O–H groups in total. The summed E-state index contributed by atoms with van der Waals surface area (Å²) in [6, 6.07) is 0. The van der Waals surface area contributed by atoms with Gasteiger partial charge in [0.25, 0.3) is 0 Å². The highest BCUT2D eigenvalue weighted by Gasteiger charge is 2.17. The van der Waals surface area contributed by atoms with Gasteiger partial charge >= 0.3 is 5.97 Å². The molecule has 0 fully saturated rings. The van der Waals surface area contributed by atoms with Gasteiger partial charge in [-0.05, 0) is 20.8 Å². The highest BCUT2D eigenvalue weighted by Crippen LogP contribution is 2.10. The van der Waals surface area contributed by atoms with Crippen molar-refractivity contribution in [3.63, 3.8) is 0 Å². The number of hydrogen-bond donors (Lipinski definition) is 1. The average Bonchev–Trinajstić information content (AvgIpc) is 2.79. The molecule has 0 aromatic carbocycles. The molecule has 0 unspecified atom stereocenters. The number of hydrogen-bond acceptors (Lipinski definition) is 5. The number of methoxy groups -OCH3 is 1. The van der Waals surface area contributed by atoms with Crippen molar-refractivity contribution >= 4 is 17.6 Å². The minimum Gasteiger partial charge on any atom is -0.460 e. The zero-order valence-electron chi connectivity index (χ0n) is 13.0. The molecule has 1 aromatic heterocycles. The van der Waals surface area contributed by atoms with Crippen LogP contribution in [-0.2, 0) is 25.6 Å². The molecule has 0 saturated heterocycles. The second-order valence-corrected chi connectivity index (χ2v) is 5.62. The molecule has 0 atom stereocenters. The molecule has 0 aliphatic rings. The van der Waals surface area contributed by atoms with Crippen LogP contribution in [0.4, 0.5) is 5.69 Å². The number of rotatable bonds is 7. The lowest BCUT2D eigenvalue weighted by Crippen LogP contribution is -2.24. The average molecular weight is 297 g/mol. The van der Waals surface area contributed by atoms with Gasteiger partial charge < -0.3 is 14.8 Å². The molecule has 0 saturated carbocycles. The Balaban J connectivity index is 2.33. The van der Waals surface area contributed by atoms with E-state index in [1.54, 1.807) is 45.0 Å². The number of nitrogens with one attached hydrogen (secondary N) is 1.